The molecule has 0 radical (unpaired) electrons. The number of hydrogen-bond acceptors (Lipinski definition) is 4. The fraction of sp³-hybridized carbons (Fsp3) is 0.455. The molecule has 4 nitrogen and oxygen atoms in total. The average molecular weight is 206 g/mol. The highest BCUT2D eigenvalue weighted by Crippen LogP contribution is 2.34. The van der Waals surface area contributed by atoms with Gasteiger partial charge in [0.05, 0.1) is 0 Å². The van der Waals surface area contributed by atoms with Crippen molar-refractivity contribution < 1.29 is 9.63 Å². The number of fused-ring (bicyclic) bond motifs is 2. The predicted molar refractivity (Wildman–Crippen MR) is 57.4 cm³/mol. The summed E-state index contributed by atoms with van der Waals surface area (Å²) in [5.74, 6) is 0.569. The van der Waals surface area contributed by atoms with Gasteiger partial charge in [-0.25, -0.2) is 0 Å². The van der Waals surface area contributed by atoms with Crippen LogP contribution in [0.3, 0.4) is 0 Å². The first-order valence-electron chi connectivity index (χ1n) is 5.06. The van der Waals surface area contributed by atoms with Gasteiger partial charge in [0.15, 0.2) is 12.4 Å². The molecule has 1 saturated heterocycles. The van der Waals surface area contributed by atoms with Crippen LogP contribution in [0.15, 0.2) is 29.6 Å². The van der Waals surface area contributed by atoms with Crippen molar-refractivity contribution in [1.82, 2.24) is 4.90 Å². The van der Waals surface area contributed by atoms with Crippen molar-refractivity contribution >= 4 is 12.5 Å². The Morgan fingerprint density at radius 1 is 1.73 bits per heavy atom. The highest BCUT2D eigenvalue weighted by atomic mass is 16.6. The second kappa shape index (κ2) is 4.29. The maximum atomic E-state index is 10.0. The molecule has 0 aromatic carbocycles. The summed E-state index contributed by atoms with van der Waals surface area (Å²) in [5, 5.41) is 3.57. The Hall–Kier alpha value is -1.58. The lowest BCUT2D eigenvalue weighted by Gasteiger charge is -2.18. The molecule has 2 bridgehead atoms. The van der Waals surface area contributed by atoms with Crippen LogP contribution in [0.4, 0.5) is 0 Å². The van der Waals surface area contributed by atoms with Crippen molar-refractivity contribution in [3.05, 3.63) is 24.4 Å². The van der Waals surface area contributed by atoms with Gasteiger partial charge in [-0.2, -0.15) is 0 Å². The predicted octanol–water partition coefficient (Wildman–Crippen LogP) is 0.962. The van der Waals surface area contributed by atoms with Gasteiger partial charge < -0.3 is 9.74 Å². The molecule has 0 aromatic heterocycles. The lowest BCUT2D eigenvalue weighted by atomic mass is 9.95. The van der Waals surface area contributed by atoms with Gasteiger partial charge >= 0.3 is 0 Å². The molecular formula is C11H14N2O2. The highest BCUT2D eigenvalue weighted by molar-refractivity contribution is 6.12. The molecule has 2 aliphatic rings. The summed E-state index contributed by atoms with van der Waals surface area (Å²) in [6.45, 7) is 5.94. The monoisotopic (exact) mass is 206 g/mol. The van der Waals surface area contributed by atoms with E-state index in [1.807, 2.05) is 0 Å². The minimum atomic E-state index is -0.198. The van der Waals surface area contributed by atoms with Gasteiger partial charge in [-0.15, -0.1) is 0 Å². The number of carbonyl (C=O) groups excluding carboxylic acids is 1. The van der Waals surface area contributed by atoms with E-state index in [4.69, 9.17) is 4.84 Å². The normalized spacial score (nSPS) is 25.5. The van der Waals surface area contributed by atoms with Gasteiger partial charge in [-0.3, -0.25) is 4.79 Å². The second-order valence-corrected chi connectivity index (χ2v) is 3.76. The summed E-state index contributed by atoms with van der Waals surface area (Å²) in [7, 11) is 0. The lowest BCUT2D eigenvalue weighted by molar-refractivity contribution is -0.102. The number of nitrogens with zero attached hydrogens (tertiary/aromatic N) is 2. The van der Waals surface area contributed by atoms with Crippen LogP contribution >= 0.6 is 0 Å². The van der Waals surface area contributed by atoms with Crippen molar-refractivity contribution in [2.45, 2.75) is 12.5 Å². The molecule has 0 N–H and O–H groups in total. The first-order chi connectivity index (χ1) is 7.35. The summed E-state index contributed by atoms with van der Waals surface area (Å²) in [6, 6.07) is 0. The van der Waals surface area contributed by atoms with E-state index in [2.05, 4.69) is 22.8 Å². The number of aldehydes is 1. The third-order valence-corrected chi connectivity index (χ3v) is 2.86. The number of carbonyl (C=O) groups is 1. The third-order valence-electron chi connectivity index (χ3n) is 2.86. The Balaban J connectivity index is 2.01. The molecule has 2 atom stereocenters. The number of hydrogen-bond donors (Lipinski definition) is 0. The Morgan fingerprint density at radius 2 is 2.60 bits per heavy atom. The molecule has 4 heteroatoms. The topological polar surface area (TPSA) is 41.9 Å². The summed E-state index contributed by atoms with van der Waals surface area (Å²) in [5.41, 5.74) is 1.22. The first-order valence-corrected chi connectivity index (χ1v) is 5.06. The lowest BCUT2D eigenvalue weighted by Crippen LogP contribution is -2.17. The molecule has 2 aliphatic heterocycles. The minimum absolute atomic E-state index is 0.198. The minimum Gasteiger partial charge on any atom is -0.384 e. The van der Waals surface area contributed by atoms with Gasteiger partial charge in [-0.1, -0.05) is 11.7 Å². The van der Waals surface area contributed by atoms with E-state index in [-0.39, 0.29) is 6.10 Å². The molecule has 0 aromatic rings. The van der Waals surface area contributed by atoms with Crippen LogP contribution in [-0.4, -0.2) is 36.6 Å². The fourth-order valence-corrected chi connectivity index (χ4v) is 2.16. The van der Waals surface area contributed by atoms with Crippen molar-refractivity contribution in [1.29, 1.82) is 0 Å². The van der Waals surface area contributed by atoms with E-state index in [1.165, 1.54) is 12.0 Å². The molecule has 0 aliphatic carbocycles. The SMILES string of the molecule is C=CC(ON=CC=O)C1=CN2CCC1C2. The Kier molecular flexibility index (Phi) is 2.85. The summed E-state index contributed by atoms with van der Waals surface area (Å²) >= 11 is 0. The second-order valence-electron chi connectivity index (χ2n) is 3.76. The molecule has 2 unspecified atom stereocenters. The van der Waals surface area contributed by atoms with Gasteiger partial charge in [0.25, 0.3) is 0 Å². The van der Waals surface area contributed by atoms with Crippen LogP contribution in [-0.2, 0) is 9.63 Å². The summed E-state index contributed by atoms with van der Waals surface area (Å²) in [4.78, 5) is 17.5. The maximum Gasteiger partial charge on any atom is 0.168 e. The van der Waals surface area contributed by atoms with Crippen molar-refractivity contribution in [2.24, 2.45) is 11.1 Å². The zero-order valence-corrected chi connectivity index (χ0v) is 8.50. The van der Waals surface area contributed by atoms with Crippen LogP contribution in [0.25, 0.3) is 0 Å². The van der Waals surface area contributed by atoms with Gasteiger partial charge in [-0.05, 0) is 18.1 Å². The van der Waals surface area contributed by atoms with E-state index in [0.29, 0.717) is 12.2 Å². The molecule has 80 valence electrons. The summed E-state index contributed by atoms with van der Waals surface area (Å²) < 4.78 is 0. The van der Waals surface area contributed by atoms with Crippen LogP contribution in [0.1, 0.15) is 6.42 Å². The summed E-state index contributed by atoms with van der Waals surface area (Å²) in [6.07, 6.45) is 6.52. The van der Waals surface area contributed by atoms with E-state index in [0.717, 1.165) is 19.3 Å². The zero-order chi connectivity index (χ0) is 10.7. The van der Waals surface area contributed by atoms with Gasteiger partial charge in [0, 0.05) is 25.2 Å². The molecule has 1 fully saturated rings. The number of rotatable bonds is 5. The first kappa shape index (κ1) is 9.96. The zero-order valence-electron chi connectivity index (χ0n) is 8.50. The maximum absolute atomic E-state index is 10.0. The van der Waals surface area contributed by atoms with Gasteiger partial charge in [0.2, 0.25) is 0 Å². The molecular weight excluding hydrogens is 192 g/mol. The Labute approximate surface area is 88.9 Å². The van der Waals surface area contributed by atoms with Crippen LogP contribution in [0.5, 0.6) is 0 Å². The van der Waals surface area contributed by atoms with Crippen molar-refractivity contribution in [3.8, 4) is 0 Å². The molecule has 2 rings (SSSR count). The van der Waals surface area contributed by atoms with Crippen LogP contribution in [0, 0.1) is 5.92 Å². The Morgan fingerprint density at radius 3 is 3.13 bits per heavy atom. The average Bonchev–Trinajstić information content (AvgIpc) is 2.86. The van der Waals surface area contributed by atoms with Crippen molar-refractivity contribution in [3.63, 3.8) is 0 Å². The van der Waals surface area contributed by atoms with Crippen LogP contribution < -0.4 is 0 Å². The largest absolute Gasteiger partial charge is 0.384 e. The number of oxime groups is 1. The van der Waals surface area contributed by atoms with E-state index >= 15 is 0 Å². The molecule has 15 heavy (non-hydrogen) atoms. The fourth-order valence-electron chi connectivity index (χ4n) is 2.16. The van der Waals surface area contributed by atoms with E-state index < -0.39 is 0 Å². The quantitative estimate of drug-likeness (QED) is 0.291. The molecule has 0 spiro atoms. The molecule has 2 heterocycles. The van der Waals surface area contributed by atoms with E-state index in [9.17, 15) is 4.79 Å². The smallest absolute Gasteiger partial charge is 0.168 e. The molecule has 0 saturated carbocycles. The third kappa shape index (κ3) is 1.93. The molecule has 0 amide bonds. The highest BCUT2D eigenvalue weighted by Gasteiger charge is 2.34. The van der Waals surface area contributed by atoms with Gasteiger partial charge in [0.1, 0.15) is 6.21 Å². The standard InChI is InChI=1S/C11H14N2O2/c1-2-11(15-12-4-6-14)10-8-13-5-3-9(10)7-13/h2,4,6,8-9,11H,1,3,5,7H2. The van der Waals surface area contributed by atoms with Crippen molar-refractivity contribution in [2.75, 3.05) is 13.1 Å². The Bertz CT molecular complexity index is 323. The van der Waals surface area contributed by atoms with Crippen LogP contribution in [0.2, 0.25) is 0 Å². The van der Waals surface area contributed by atoms with E-state index in [1.54, 1.807) is 6.08 Å².